The summed E-state index contributed by atoms with van der Waals surface area (Å²) in [7, 11) is -10.3. The Morgan fingerprint density at radius 3 is 0.600 bits per heavy atom. The standard InChI is InChI=1S/Ca.2ClH.2Mg.2H2O4S/c;;;;;2*1-5(2,3)4/h;2*1H;;;2*(H2,1,2,3,4)/q+2;;;2*+2;;/p-6. The number of rotatable bonds is 0. The summed E-state index contributed by atoms with van der Waals surface area (Å²) in [5, 5.41) is 0. The molecule has 0 bridgehead atoms. The molecule has 0 aliphatic heterocycles. The van der Waals surface area contributed by atoms with Crippen molar-refractivity contribution in [3.63, 3.8) is 0 Å². The summed E-state index contributed by atoms with van der Waals surface area (Å²) in [4.78, 5) is 0. The third-order valence-electron chi connectivity index (χ3n) is 0. The smallest absolute Gasteiger partial charge is 1.00 e. The van der Waals surface area contributed by atoms with E-state index < -0.39 is 20.8 Å². The molecular weight excluding hydrogens is 352 g/mol. The van der Waals surface area contributed by atoms with E-state index >= 15 is 0 Å². The Hall–Kier alpha value is 3.11. The van der Waals surface area contributed by atoms with Crippen LogP contribution in [0.5, 0.6) is 0 Å². The summed E-state index contributed by atoms with van der Waals surface area (Å²) in [5.74, 6) is 0. The van der Waals surface area contributed by atoms with E-state index in [-0.39, 0.29) is 109 Å². The van der Waals surface area contributed by atoms with Gasteiger partial charge >= 0.3 is 83.8 Å². The van der Waals surface area contributed by atoms with Crippen molar-refractivity contribution in [2.24, 2.45) is 0 Å². The van der Waals surface area contributed by atoms with Crippen molar-refractivity contribution in [3.05, 3.63) is 0 Å². The first-order chi connectivity index (χ1) is 4.00. The van der Waals surface area contributed by atoms with Crippen molar-refractivity contribution in [1.82, 2.24) is 0 Å². The zero-order chi connectivity index (χ0) is 9.00. The van der Waals surface area contributed by atoms with E-state index in [9.17, 15) is 0 Å². The van der Waals surface area contributed by atoms with Gasteiger partial charge in [-0.25, -0.2) is 0 Å². The quantitative estimate of drug-likeness (QED) is 0.236. The first-order valence-electron chi connectivity index (χ1n) is 1.33. The second kappa shape index (κ2) is 19.5. The van der Waals surface area contributed by atoms with Crippen LogP contribution in [0.2, 0.25) is 0 Å². The van der Waals surface area contributed by atoms with E-state index in [0.717, 1.165) is 0 Å². The Kier molecular flexibility index (Phi) is 55.7. The fraction of sp³-hybridized carbons (Fsp3) is 0. The minimum absolute atomic E-state index is 0. The van der Waals surface area contributed by atoms with Crippen LogP contribution in [0.15, 0.2) is 0 Å². The maximum Gasteiger partial charge on any atom is 2.00 e. The van der Waals surface area contributed by atoms with Gasteiger partial charge in [-0.15, -0.1) is 0 Å². The molecule has 0 aliphatic carbocycles. The molecule has 8 nitrogen and oxygen atoms in total. The maximum absolute atomic E-state index is 8.52. The summed E-state index contributed by atoms with van der Waals surface area (Å²) >= 11 is 0. The number of halogens is 2. The molecule has 0 aliphatic rings. The first-order valence-corrected chi connectivity index (χ1v) is 4.00. The predicted octanol–water partition coefficient (Wildman–Crippen LogP) is -9.81. The average molecular weight is 352 g/mol. The van der Waals surface area contributed by atoms with Gasteiger partial charge < -0.3 is 43.0 Å². The fourth-order valence-corrected chi connectivity index (χ4v) is 0. The van der Waals surface area contributed by atoms with Gasteiger partial charge in [-0.2, -0.15) is 0 Å². The van der Waals surface area contributed by atoms with E-state index in [1.165, 1.54) is 0 Å². The van der Waals surface area contributed by atoms with E-state index in [1.54, 1.807) is 0 Å². The van der Waals surface area contributed by atoms with Crippen LogP contribution in [-0.2, 0) is 20.8 Å². The molecule has 0 spiro atoms. The van der Waals surface area contributed by atoms with Gasteiger partial charge in [0.15, 0.2) is 0 Å². The molecule has 0 heterocycles. The Morgan fingerprint density at radius 1 is 0.600 bits per heavy atom. The van der Waals surface area contributed by atoms with Crippen molar-refractivity contribution in [3.8, 4) is 0 Å². The topological polar surface area (TPSA) is 161 Å². The van der Waals surface area contributed by atoms with Crippen molar-refractivity contribution >= 4 is 105 Å². The third kappa shape index (κ3) is 403. The first kappa shape index (κ1) is 43.0. The second-order valence-electron chi connectivity index (χ2n) is 0.816. The van der Waals surface area contributed by atoms with Crippen LogP contribution < -0.4 is 24.8 Å². The zero-order valence-corrected chi connectivity index (χ0v) is 15.1. The molecule has 0 fully saturated rings. The van der Waals surface area contributed by atoms with Crippen molar-refractivity contribution in [2.75, 3.05) is 0 Å². The normalized spacial score (nSPS) is 7.73. The average Bonchev–Trinajstić information content (AvgIpc) is 1.12. The predicted molar refractivity (Wildman–Crippen MR) is 38.2 cm³/mol. The Morgan fingerprint density at radius 2 is 0.600 bits per heavy atom. The van der Waals surface area contributed by atoms with Gasteiger partial charge in [0.05, 0.1) is 0 Å². The van der Waals surface area contributed by atoms with E-state index in [0.29, 0.717) is 0 Å². The maximum atomic E-state index is 8.52. The summed E-state index contributed by atoms with van der Waals surface area (Å²) in [6.45, 7) is 0. The van der Waals surface area contributed by atoms with Gasteiger partial charge in [0.1, 0.15) is 0 Å². The van der Waals surface area contributed by atoms with E-state index in [2.05, 4.69) is 0 Å². The van der Waals surface area contributed by atoms with Crippen LogP contribution in [0.3, 0.4) is 0 Å². The second-order valence-corrected chi connectivity index (χ2v) is 2.45. The number of hydrogen-bond acceptors (Lipinski definition) is 8. The molecule has 0 aromatic carbocycles. The SMILES string of the molecule is O=S(=O)([O-])[O-].O=S(=O)([O-])[O-].[Ca+2].[Cl-].[Cl-].[Mg+2].[Mg+2]. The molecule has 0 N–H and O–H groups in total. The molecule has 0 amide bonds. The minimum atomic E-state index is -5.17. The zero-order valence-electron chi connectivity index (χ0n) is 6.96. The fourth-order valence-electron chi connectivity index (χ4n) is 0. The van der Waals surface area contributed by atoms with E-state index in [4.69, 9.17) is 35.0 Å². The molecule has 15 heteroatoms. The van der Waals surface area contributed by atoms with Gasteiger partial charge in [-0.1, -0.05) is 0 Å². The van der Waals surface area contributed by atoms with Gasteiger partial charge in [-0.3, -0.25) is 16.8 Å². The van der Waals surface area contributed by atoms with Crippen LogP contribution in [0.25, 0.3) is 0 Å². The van der Waals surface area contributed by atoms with Gasteiger partial charge in [-0.05, 0) is 0 Å². The molecule has 15 heavy (non-hydrogen) atoms. The summed E-state index contributed by atoms with van der Waals surface area (Å²) in [6, 6.07) is 0. The molecule has 0 saturated carbocycles. The van der Waals surface area contributed by atoms with Gasteiger partial charge in [0, 0.05) is 20.8 Å². The third-order valence-corrected chi connectivity index (χ3v) is 0. The Bertz CT molecular complexity index is 225. The molecule has 0 radical (unpaired) electrons. The van der Waals surface area contributed by atoms with Crippen molar-refractivity contribution in [2.45, 2.75) is 0 Å². The number of hydrogen-bond donors (Lipinski definition) is 0. The van der Waals surface area contributed by atoms with Crippen LogP contribution in [0.4, 0.5) is 0 Å². The van der Waals surface area contributed by atoms with Crippen LogP contribution in [0, 0.1) is 0 Å². The molecule has 0 rings (SSSR count). The Labute approximate surface area is 162 Å². The molecule has 0 aromatic heterocycles. The van der Waals surface area contributed by atoms with Crippen LogP contribution in [-0.4, -0.2) is 119 Å². The van der Waals surface area contributed by atoms with Crippen molar-refractivity contribution in [1.29, 1.82) is 0 Å². The molecule has 0 aromatic rings. The molecule has 0 unspecified atom stereocenters. The van der Waals surface area contributed by atoms with Crippen LogP contribution >= 0.6 is 0 Å². The molecule has 80 valence electrons. The van der Waals surface area contributed by atoms with Crippen molar-refractivity contribution < 1.29 is 59.9 Å². The van der Waals surface area contributed by atoms with Gasteiger partial charge in [0.25, 0.3) is 0 Å². The molecule has 0 atom stereocenters. The largest absolute Gasteiger partial charge is 2.00 e. The minimum Gasteiger partial charge on any atom is -1.00 e. The monoisotopic (exact) mass is 350 g/mol. The summed E-state index contributed by atoms with van der Waals surface area (Å²) in [6.07, 6.45) is 0. The summed E-state index contributed by atoms with van der Waals surface area (Å²) < 4.78 is 68.2. The van der Waals surface area contributed by atoms with Gasteiger partial charge in [0.2, 0.25) is 0 Å². The van der Waals surface area contributed by atoms with E-state index in [1.807, 2.05) is 0 Å². The Balaban J connectivity index is -0.0000000128. The van der Waals surface area contributed by atoms with Crippen LogP contribution in [0.1, 0.15) is 0 Å². The molecular formula is CaCl2Mg2O8S2. The molecule has 0 saturated heterocycles. The summed E-state index contributed by atoms with van der Waals surface area (Å²) in [5.41, 5.74) is 0.